The van der Waals surface area contributed by atoms with Crippen LogP contribution in [0.2, 0.25) is 5.02 Å². The summed E-state index contributed by atoms with van der Waals surface area (Å²) in [5.41, 5.74) is 5.78. The van der Waals surface area contributed by atoms with Crippen molar-refractivity contribution in [3.8, 4) is 11.5 Å². The zero-order valence-corrected chi connectivity index (χ0v) is 21.2. The van der Waals surface area contributed by atoms with Crippen LogP contribution in [-0.4, -0.2) is 10.2 Å². The van der Waals surface area contributed by atoms with Crippen molar-refractivity contribution in [2.24, 2.45) is 0 Å². The lowest BCUT2D eigenvalue weighted by molar-refractivity contribution is 0.431. The van der Waals surface area contributed by atoms with Crippen LogP contribution in [0.4, 0.5) is 0 Å². The van der Waals surface area contributed by atoms with Gasteiger partial charge in [0.15, 0.2) is 0 Å². The van der Waals surface area contributed by atoms with Gasteiger partial charge in [-0.1, -0.05) is 107 Å². The molecular formula is C29H35ClO2. The highest BCUT2D eigenvalue weighted by Gasteiger charge is 2.31. The zero-order valence-electron chi connectivity index (χ0n) is 20.5. The van der Waals surface area contributed by atoms with Gasteiger partial charge in [-0.15, -0.1) is 0 Å². The minimum Gasteiger partial charge on any atom is -0.507 e. The first-order chi connectivity index (χ1) is 14.7. The van der Waals surface area contributed by atoms with Crippen LogP contribution < -0.4 is 0 Å². The second-order valence-corrected chi connectivity index (χ2v) is 11.4. The van der Waals surface area contributed by atoms with Crippen molar-refractivity contribution < 1.29 is 10.2 Å². The molecule has 0 amide bonds. The number of aromatic hydroxyl groups is 2. The molecule has 32 heavy (non-hydrogen) atoms. The average molecular weight is 451 g/mol. The van der Waals surface area contributed by atoms with Gasteiger partial charge in [-0.25, -0.2) is 0 Å². The van der Waals surface area contributed by atoms with Gasteiger partial charge in [-0.3, -0.25) is 0 Å². The minimum atomic E-state index is -0.411. The number of phenols is 2. The van der Waals surface area contributed by atoms with E-state index < -0.39 is 5.92 Å². The Morgan fingerprint density at radius 2 is 1.06 bits per heavy atom. The first kappa shape index (κ1) is 24.2. The monoisotopic (exact) mass is 450 g/mol. The van der Waals surface area contributed by atoms with Crippen LogP contribution in [0.3, 0.4) is 0 Å². The standard InChI is InChI=1S/C29H35ClO2/c1-17-13-20(26(31)22(15-17)28(3,4)5)25(19-11-9-10-12-24(19)30)21-14-18(2)16-23(27(21)32)29(6,7)8/h9-16,25,31-32H,1-8H3. The molecule has 3 aromatic rings. The molecule has 2 nitrogen and oxygen atoms in total. The summed E-state index contributed by atoms with van der Waals surface area (Å²) in [7, 11) is 0. The van der Waals surface area contributed by atoms with E-state index >= 15 is 0 Å². The van der Waals surface area contributed by atoms with E-state index in [9.17, 15) is 10.2 Å². The van der Waals surface area contributed by atoms with Crippen molar-refractivity contribution in [2.75, 3.05) is 0 Å². The second-order valence-electron chi connectivity index (χ2n) is 11.0. The molecule has 3 aromatic carbocycles. The molecule has 0 radical (unpaired) electrons. The Bertz CT molecular complexity index is 1080. The number of hydrogen-bond donors (Lipinski definition) is 2. The van der Waals surface area contributed by atoms with Gasteiger partial charge in [0.05, 0.1) is 0 Å². The molecule has 0 saturated carbocycles. The molecule has 0 atom stereocenters. The molecule has 0 aliphatic carbocycles. The lowest BCUT2D eigenvalue weighted by atomic mass is 9.76. The predicted octanol–water partition coefficient (Wildman–Crippen LogP) is 8.14. The molecule has 0 spiro atoms. The fraction of sp³-hybridized carbons (Fsp3) is 0.379. The maximum atomic E-state index is 11.5. The Kier molecular flexibility index (Phi) is 6.41. The molecule has 2 N–H and O–H groups in total. The van der Waals surface area contributed by atoms with E-state index in [4.69, 9.17) is 11.6 Å². The van der Waals surface area contributed by atoms with Crippen molar-refractivity contribution in [1.82, 2.24) is 0 Å². The van der Waals surface area contributed by atoms with Gasteiger partial charge >= 0.3 is 0 Å². The average Bonchev–Trinajstić information content (AvgIpc) is 2.66. The summed E-state index contributed by atoms with van der Waals surface area (Å²) in [6.07, 6.45) is 0. The van der Waals surface area contributed by atoms with Gasteiger partial charge in [0.25, 0.3) is 0 Å². The number of aryl methyl sites for hydroxylation is 2. The molecule has 0 aliphatic heterocycles. The summed E-state index contributed by atoms with van der Waals surface area (Å²) in [5.74, 6) is 0.100. The molecule has 3 heteroatoms. The van der Waals surface area contributed by atoms with Crippen molar-refractivity contribution in [3.63, 3.8) is 0 Å². The van der Waals surface area contributed by atoms with E-state index in [2.05, 4.69) is 41.5 Å². The Labute approximate surface area is 197 Å². The van der Waals surface area contributed by atoms with E-state index in [1.165, 1.54) is 0 Å². The SMILES string of the molecule is Cc1cc(C(c2ccccc2Cl)c2cc(C)cc(C(C)(C)C)c2O)c(O)c(C(C)(C)C)c1. The normalized spacial score (nSPS) is 12.4. The summed E-state index contributed by atoms with van der Waals surface area (Å²) in [5, 5.41) is 23.6. The van der Waals surface area contributed by atoms with Crippen LogP contribution in [0.25, 0.3) is 0 Å². The smallest absolute Gasteiger partial charge is 0.123 e. The third kappa shape index (κ3) is 4.66. The van der Waals surface area contributed by atoms with Gasteiger partial charge < -0.3 is 10.2 Å². The summed E-state index contributed by atoms with van der Waals surface area (Å²) >= 11 is 6.70. The van der Waals surface area contributed by atoms with E-state index in [1.807, 2.05) is 62.4 Å². The van der Waals surface area contributed by atoms with E-state index in [0.29, 0.717) is 5.02 Å². The Morgan fingerprint density at radius 3 is 1.44 bits per heavy atom. The van der Waals surface area contributed by atoms with Crippen molar-refractivity contribution in [1.29, 1.82) is 0 Å². The Morgan fingerprint density at radius 1 is 0.656 bits per heavy atom. The highest BCUT2D eigenvalue weighted by Crippen LogP contribution is 2.48. The molecule has 170 valence electrons. The second kappa shape index (κ2) is 8.48. The molecule has 0 saturated heterocycles. The molecule has 0 fully saturated rings. The fourth-order valence-corrected chi connectivity index (χ4v) is 4.65. The van der Waals surface area contributed by atoms with E-state index in [0.717, 1.165) is 38.9 Å². The lowest BCUT2D eigenvalue weighted by Crippen LogP contribution is -2.16. The van der Waals surface area contributed by atoms with Gasteiger partial charge in [-0.05, 0) is 47.4 Å². The molecule has 3 rings (SSSR count). The Balaban J connectivity index is 2.45. The maximum absolute atomic E-state index is 11.5. The van der Waals surface area contributed by atoms with Crippen molar-refractivity contribution in [3.05, 3.63) is 92.5 Å². The predicted molar refractivity (Wildman–Crippen MR) is 135 cm³/mol. The van der Waals surface area contributed by atoms with Crippen LogP contribution in [-0.2, 0) is 10.8 Å². The highest BCUT2D eigenvalue weighted by molar-refractivity contribution is 6.31. The number of benzene rings is 3. The summed E-state index contributed by atoms with van der Waals surface area (Å²) in [4.78, 5) is 0. The fourth-order valence-electron chi connectivity index (χ4n) is 4.41. The third-order valence-corrected chi connectivity index (χ3v) is 6.37. The number of halogens is 1. The Hall–Kier alpha value is -2.45. The van der Waals surface area contributed by atoms with Crippen molar-refractivity contribution >= 4 is 11.6 Å². The quantitative estimate of drug-likeness (QED) is 0.395. The van der Waals surface area contributed by atoms with Crippen LogP contribution in [0.5, 0.6) is 11.5 Å². The molecular weight excluding hydrogens is 416 g/mol. The van der Waals surface area contributed by atoms with Crippen LogP contribution in [0.15, 0.2) is 48.5 Å². The molecule has 0 bridgehead atoms. The largest absolute Gasteiger partial charge is 0.507 e. The molecule has 0 aromatic heterocycles. The summed E-state index contributed by atoms with van der Waals surface area (Å²) < 4.78 is 0. The molecule has 0 heterocycles. The molecule has 0 aliphatic rings. The molecule has 0 unspecified atom stereocenters. The van der Waals surface area contributed by atoms with Crippen LogP contribution in [0, 0.1) is 13.8 Å². The first-order valence-corrected chi connectivity index (χ1v) is 11.5. The van der Waals surface area contributed by atoms with Gasteiger partial charge in [0.1, 0.15) is 11.5 Å². The minimum absolute atomic E-state index is 0.235. The first-order valence-electron chi connectivity index (χ1n) is 11.1. The van der Waals surface area contributed by atoms with E-state index in [-0.39, 0.29) is 22.3 Å². The lowest BCUT2D eigenvalue weighted by Gasteiger charge is -2.29. The van der Waals surface area contributed by atoms with Gasteiger partial charge in [0, 0.05) is 22.1 Å². The summed E-state index contributed by atoms with van der Waals surface area (Å²) in [6, 6.07) is 15.8. The van der Waals surface area contributed by atoms with Gasteiger partial charge in [0.2, 0.25) is 0 Å². The van der Waals surface area contributed by atoms with Crippen LogP contribution >= 0.6 is 11.6 Å². The van der Waals surface area contributed by atoms with Gasteiger partial charge in [-0.2, -0.15) is 0 Å². The van der Waals surface area contributed by atoms with E-state index in [1.54, 1.807) is 0 Å². The topological polar surface area (TPSA) is 40.5 Å². The highest BCUT2D eigenvalue weighted by atomic mass is 35.5. The van der Waals surface area contributed by atoms with Crippen molar-refractivity contribution in [2.45, 2.75) is 72.1 Å². The third-order valence-electron chi connectivity index (χ3n) is 6.02. The summed E-state index contributed by atoms with van der Waals surface area (Å²) in [6.45, 7) is 16.6. The number of rotatable bonds is 3. The zero-order chi connectivity index (χ0) is 24.0. The maximum Gasteiger partial charge on any atom is 0.123 e. The number of phenolic OH excluding ortho intramolecular Hbond substituents is 2. The van der Waals surface area contributed by atoms with Crippen LogP contribution in [0.1, 0.15) is 86.4 Å². The number of hydrogen-bond acceptors (Lipinski definition) is 2.